The number of hydrogen-bond donors (Lipinski definition) is 1. The number of alkyl halides is 6. The molecule has 1 aromatic rings. The standard InChI is InChI=1S/C14H15F7N2O.ClH/c15-11-2-1-9(24-14(19,20)21)7-10(11)12(8-13(16,17)18)23-5-3-22-4-6-23;/h1-2,7,12,22H,3-6,8H2;1H/t12-;/m1./s1. The SMILES string of the molecule is Cl.Fc1ccc(OC(F)(F)F)cc1[C@@H](CC(F)(F)F)N1CCNCC1. The quantitative estimate of drug-likeness (QED) is 0.777. The lowest BCUT2D eigenvalue weighted by Gasteiger charge is -2.35. The second kappa shape index (κ2) is 8.41. The lowest BCUT2D eigenvalue weighted by molar-refractivity contribution is -0.274. The summed E-state index contributed by atoms with van der Waals surface area (Å²) < 4.78 is 93.2. The van der Waals surface area contributed by atoms with E-state index in [1.807, 2.05) is 0 Å². The molecule has 1 aliphatic rings. The van der Waals surface area contributed by atoms with Crippen molar-refractivity contribution in [2.45, 2.75) is 25.0 Å². The third-order valence-corrected chi connectivity index (χ3v) is 3.58. The zero-order valence-electron chi connectivity index (χ0n) is 12.8. The number of piperazine rings is 1. The van der Waals surface area contributed by atoms with Crippen LogP contribution in [0.15, 0.2) is 18.2 Å². The highest BCUT2D eigenvalue weighted by molar-refractivity contribution is 5.85. The molecule has 2 rings (SSSR count). The first-order chi connectivity index (χ1) is 11.1. The summed E-state index contributed by atoms with van der Waals surface area (Å²) in [5.41, 5.74) is -0.462. The van der Waals surface area contributed by atoms with Crippen LogP contribution in [0.2, 0.25) is 0 Å². The highest BCUT2D eigenvalue weighted by Crippen LogP contribution is 2.37. The molecule has 11 heteroatoms. The fraction of sp³-hybridized carbons (Fsp3) is 0.571. The van der Waals surface area contributed by atoms with Crippen molar-refractivity contribution in [3.63, 3.8) is 0 Å². The predicted molar refractivity (Wildman–Crippen MR) is 78.2 cm³/mol. The van der Waals surface area contributed by atoms with E-state index in [-0.39, 0.29) is 25.5 Å². The Morgan fingerprint density at radius 1 is 1.08 bits per heavy atom. The molecular formula is C14H16ClF7N2O. The van der Waals surface area contributed by atoms with Crippen molar-refractivity contribution in [3.8, 4) is 5.75 Å². The molecule has 0 unspecified atom stereocenters. The lowest BCUT2D eigenvalue weighted by Crippen LogP contribution is -2.46. The molecule has 0 aliphatic carbocycles. The summed E-state index contributed by atoms with van der Waals surface area (Å²) >= 11 is 0. The Bertz CT molecular complexity index is 559. The molecule has 1 heterocycles. The van der Waals surface area contributed by atoms with E-state index in [0.29, 0.717) is 25.2 Å². The average Bonchev–Trinajstić information content (AvgIpc) is 2.45. The maximum Gasteiger partial charge on any atom is 0.573 e. The van der Waals surface area contributed by atoms with Gasteiger partial charge in [-0.25, -0.2) is 4.39 Å². The van der Waals surface area contributed by atoms with Gasteiger partial charge in [0.15, 0.2) is 0 Å². The van der Waals surface area contributed by atoms with Crippen molar-refractivity contribution in [2.24, 2.45) is 0 Å². The molecule has 1 aromatic carbocycles. The first kappa shape index (κ1) is 21.8. The molecule has 1 saturated heterocycles. The Balaban J connectivity index is 0.00000312. The summed E-state index contributed by atoms with van der Waals surface area (Å²) in [5.74, 6) is -1.75. The molecule has 1 atom stereocenters. The number of rotatable bonds is 4. The van der Waals surface area contributed by atoms with E-state index in [4.69, 9.17) is 0 Å². The Labute approximate surface area is 145 Å². The summed E-state index contributed by atoms with van der Waals surface area (Å²) in [5, 5.41) is 2.95. The number of hydrogen-bond acceptors (Lipinski definition) is 3. The van der Waals surface area contributed by atoms with E-state index in [9.17, 15) is 30.7 Å². The van der Waals surface area contributed by atoms with Gasteiger partial charge in [-0.1, -0.05) is 0 Å². The van der Waals surface area contributed by atoms with Gasteiger partial charge in [-0.15, -0.1) is 25.6 Å². The van der Waals surface area contributed by atoms with Gasteiger partial charge >= 0.3 is 12.5 Å². The second-order valence-electron chi connectivity index (χ2n) is 5.35. The molecule has 0 amide bonds. The summed E-state index contributed by atoms with van der Waals surface area (Å²) in [7, 11) is 0. The molecule has 0 spiro atoms. The van der Waals surface area contributed by atoms with Crippen molar-refractivity contribution in [1.29, 1.82) is 0 Å². The minimum absolute atomic E-state index is 0. The molecule has 0 radical (unpaired) electrons. The maximum absolute atomic E-state index is 14.0. The average molecular weight is 397 g/mol. The van der Waals surface area contributed by atoms with Gasteiger partial charge in [-0.3, -0.25) is 4.90 Å². The van der Waals surface area contributed by atoms with Gasteiger partial charge < -0.3 is 10.1 Å². The van der Waals surface area contributed by atoms with Crippen molar-refractivity contribution in [3.05, 3.63) is 29.6 Å². The number of nitrogens with zero attached hydrogens (tertiary/aromatic N) is 1. The number of ether oxygens (including phenoxy) is 1. The van der Waals surface area contributed by atoms with Crippen molar-refractivity contribution in [2.75, 3.05) is 26.2 Å². The third-order valence-electron chi connectivity index (χ3n) is 3.58. The second-order valence-corrected chi connectivity index (χ2v) is 5.35. The van der Waals surface area contributed by atoms with Crippen LogP contribution in [0, 0.1) is 5.82 Å². The molecule has 1 N–H and O–H groups in total. The van der Waals surface area contributed by atoms with Crippen LogP contribution >= 0.6 is 12.4 Å². The van der Waals surface area contributed by atoms with E-state index in [1.165, 1.54) is 4.90 Å². The van der Waals surface area contributed by atoms with Gasteiger partial charge in [0.1, 0.15) is 11.6 Å². The van der Waals surface area contributed by atoms with Gasteiger partial charge in [0, 0.05) is 37.8 Å². The molecule has 0 bridgehead atoms. The van der Waals surface area contributed by atoms with Gasteiger partial charge in [-0.05, 0) is 18.2 Å². The van der Waals surface area contributed by atoms with E-state index >= 15 is 0 Å². The number of nitrogens with one attached hydrogen (secondary N) is 1. The molecule has 25 heavy (non-hydrogen) atoms. The zero-order valence-corrected chi connectivity index (χ0v) is 13.6. The Morgan fingerprint density at radius 3 is 2.20 bits per heavy atom. The summed E-state index contributed by atoms with van der Waals surface area (Å²) in [6.45, 7) is 1.28. The topological polar surface area (TPSA) is 24.5 Å². The van der Waals surface area contributed by atoms with E-state index < -0.39 is 42.1 Å². The molecule has 1 fully saturated rings. The molecule has 3 nitrogen and oxygen atoms in total. The fourth-order valence-corrected chi connectivity index (χ4v) is 2.62. The Hall–Kier alpha value is -1.26. The van der Waals surface area contributed by atoms with Gasteiger partial charge in [0.05, 0.1) is 6.42 Å². The molecule has 144 valence electrons. The van der Waals surface area contributed by atoms with Gasteiger partial charge in [0.2, 0.25) is 0 Å². The number of benzene rings is 1. The largest absolute Gasteiger partial charge is 0.573 e. The smallest absolute Gasteiger partial charge is 0.406 e. The predicted octanol–water partition coefficient (Wildman–Crippen LogP) is 4.04. The van der Waals surface area contributed by atoms with Crippen LogP contribution in [0.3, 0.4) is 0 Å². The maximum atomic E-state index is 14.0. The molecule has 0 saturated carbocycles. The van der Waals surface area contributed by atoms with Crippen LogP contribution in [0.1, 0.15) is 18.0 Å². The van der Waals surface area contributed by atoms with Crippen LogP contribution < -0.4 is 10.1 Å². The normalized spacial score (nSPS) is 17.7. The minimum Gasteiger partial charge on any atom is -0.406 e. The monoisotopic (exact) mass is 396 g/mol. The fourth-order valence-electron chi connectivity index (χ4n) is 2.62. The summed E-state index contributed by atoms with van der Waals surface area (Å²) in [4.78, 5) is 1.40. The van der Waals surface area contributed by atoms with Gasteiger partial charge in [0.25, 0.3) is 0 Å². The van der Waals surface area contributed by atoms with E-state index in [2.05, 4.69) is 10.1 Å². The highest BCUT2D eigenvalue weighted by Gasteiger charge is 2.38. The first-order valence-corrected chi connectivity index (χ1v) is 7.12. The first-order valence-electron chi connectivity index (χ1n) is 7.12. The molecule has 1 aliphatic heterocycles. The van der Waals surface area contributed by atoms with Crippen LogP contribution in [0.4, 0.5) is 30.7 Å². The van der Waals surface area contributed by atoms with Crippen LogP contribution in [-0.2, 0) is 0 Å². The van der Waals surface area contributed by atoms with Gasteiger partial charge in [-0.2, -0.15) is 13.2 Å². The number of halogens is 8. The minimum atomic E-state index is -5.01. The van der Waals surface area contributed by atoms with E-state index in [0.717, 1.165) is 6.07 Å². The van der Waals surface area contributed by atoms with Crippen LogP contribution in [0.25, 0.3) is 0 Å². The van der Waals surface area contributed by atoms with E-state index in [1.54, 1.807) is 0 Å². The Kier molecular flexibility index (Phi) is 7.33. The zero-order chi connectivity index (χ0) is 18.0. The van der Waals surface area contributed by atoms with Crippen LogP contribution in [-0.4, -0.2) is 43.6 Å². The third kappa shape index (κ3) is 6.87. The molecular weight excluding hydrogens is 381 g/mol. The van der Waals surface area contributed by atoms with Crippen molar-refractivity contribution >= 4 is 12.4 Å². The molecule has 0 aromatic heterocycles. The van der Waals surface area contributed by atoms with Crippen LogP contribution in [0.5, 0.6) is 5.75 Å². The Morgan fingerprint density at radius 2 is 1.68 bits per heavy atom. The van der Waals surface area contributed by atoms with Crippen molar-refractivity contribution < 1.29 is 35.5 Å². The summed E-state index contributed by atoms with van der Waals surface area (Å²) in [6.07, 6.45) is -11.0. The van der Waals surface area contributed by atoms with Crippen molar-refractivity contribution in [1.82, 2.24) is 10.2 Å². The highest BCUT2D eigenvalue weighted by atomic mass is 35.5. The summed E-state index contributed by atoms with van der Waals surface area (Å²) in [6, 6.07) is 0.682. The lowest BCUT2D eigenvalue weighted by atomic mass is 10.00.